The molecule has 0 fully saturated rings. The lowest BCUT2D eigenvalue weighted by Crippen LogP contribution is -1.96. The number of hydrogen-bond donors (Lipinski definition) is 1. The Morgan fingerprint density at radius 2 is 1.45 bits per heavy atom. The largest absolute Gasteiger partial charge is 0.383 e. The standard InChI is InChI=1S/C18H16N2/c1-13-7-9-14(10-8-13)16-11-12-17(20-18(16)19)15-5-3-2-4-6-15/h2-12H,1H3,(H2,19,20). The van der Waals surface area contributed by atoms with Crippen molar-refractivity contribution in [1.82, 2.24) is 4.98 Å². The fraction of sp³-hybridized carbons (Fsp3) is 0.0556. The van der Waals surface area contributed by atoms with Crippen LogP contribution in [0.4, 0.5) is 5.82 Å². The van der Waals surface area contributed by atoms with Gasteiger partial charge in [0.15, 0.2) is 0 Å². The molecule has 1 heterocycles. The lowest BCUT2D eigenvalue weighted by Gasteiger charge is -2.08. The summed E-state index contributed by atoms with van der Waals surface area (Å²) in [7, 11) is 0. The zero-order valence-corrected chi connectivity index (χ0v) is 11.4. The van der Waals surface area contributed by atoms with Crippen molar-refractivity contribution >= 4 is 5.82 Å². The van der Waals surface area contributed by atoms with E-state index in [4.69, 9.17) is 5.73 Å². The van der Waals surface area contributed by atoms with Gasteiger partial charge in [0.1, 0.15) is 5.82 Å². The van der Waals surface area contributed by atoms with Gasteiger partial charge in [-0.05, 0) is 24.6 Å². The Bertz CT molecular complexity index is 716. The maximum atomic E-state index is 6.12. The molecular weight excluding hydrogens is 244 g/mol. The number of nitrogen functional groups attached to an aromatic ring is 1. The second-order valence-corrected chi connectivity index (χ2v) is 4.86. The molecular formula is C18H16N2. The van der Waals surface area contributed by atoms with E-state index in [1.807, 2.05) is 42.5 Å². The third-order valence-electron chi connectivity index (χ3n) is 3.36. The first-order chi connectivity index (χ1) is 9.74. The zero-order valence-electron chi connectivity index (χ0n) is 11.4. The van der Waals surface area contributed by atoms with Gasteiger partial charge in [-0.15, -0.1) is 0 Å². The maximum absolute atomic E-state index is 6.12. The molecule has 0 spiro atoms. The van der Waals surface area contributed by atoms with Crippen molar-refractivity contribution in [2.24, 2.45) is 0 Å². The van der Waals surface area contributed by atoms with Crippen molar-refractivity contribution < 1.29 is 0 Å². The minimum absolute atomic E-state index is 0.565. The van der Waals surface area contributed by atoms with Crippen molar-refractivity contribution in [3.05, 3.63) is 72.3 Å². The number of pyridine rings is 1. The number of aryl methyl sites for hydroxylation is 1. The van der Waals surface area contributed by atoms with E-state index in [0.717, 1.165) is 22.4 Å². The summed E-state index contributed by atoms with van der Waals surface area (Å²) in [5.41, 5.74) is 11.4. The molecule has 0 amide bonds. The molecule has 0 unspecified atom stereocenters. The van der Waals surface area contributed by atoms with Crippen LogP contribution >= 0.6 is 0 Å². The summed E-state index contributed by atoms with van der Waals surface area (Å²) < 4.78 is 0. The van der Waals surface area contributed by atoms with Gasteiger partial charge >= 0.3 is 0 Å². The van der Waals surface area contributed by atoms with Crippen molar-refractivity contribution in [3.8, 4) is 22.4 Å². The molecule has 0 bridgehead atoms. The van der Waals surface area contributed by atoms with E-state index in [0.29, 0.717) is 5.82 Å². The number of aromatic nitrogens is 1. The van der Waals surface area contributed by atoms with E-state index >= 15 is 0 Å². The minimum Gasteiger partial charge on any atom is -0.383 e. The summed E-state index contributed by atoms with van der Waals surface area (Å²) in [6, 6.07) is 22.4. The van der Waals surface area contributed by atoms with E-state index in [-0.39, 0.29) is 0 Å². The Morgan fingerprint density at radius 1 is 0.750 bits per heavy atom. The van der Waals surface area contributed by atoms with Crippen molar-refractivity contribution in [1.29, 1.82) is 0 Å². The quantitative estimate of drug-likeness (QED) is 0.745. The first-order valence-electron chi connectivity index (χ1n) is 6.63. The number of nitrogens with zero attached hydrogens (tertiary/aromatic N) is 1. The Morgan fingerprint density at radius 3 is 2.10 bits per heavy atom. The van der Waals surface area contributed by atoms with Gasteiger partial charge < -0.3 is 5.73 Å². The predicted octanol–water partition coefficient (Wildman–Crippen LogP) is 4.31. The third-order valence-corrected chi connectivity index (χ3v) is 3.36. The zero-order chi connectivity index (χ0) is 13.9. The molecule has 0 radical (unpaired) electrons. The van der Waals surface area contributed by atoms with Gasteiger partial charge in [-0.3, -0.25) is 0 Å². The molecule has 2 heteroatoms. The van der Waals surface area contributed by atoms with Crippen LogP contribution in [0.15, 0.2) is 66.7 Å². The lowest BCUT2D eigenvalue weighted by atomic mass is 10.0. The number of rotatable bonds is 2. The highest BCUT2D eigenvalue weighted by Crippen LogP contribution is 2.27. The second kappa shape index (κ2) is 5.17. The normalized spacial score (nSPS) is 10.4. The van der Waals surface area contributed by atoms with Crippen LogP contribution in [-0.4, -0.2) is 4.98 Å². The summed E-state index contributed by atoms with van der Waals surface area (Å²) in [5, 5.41) is 0. The van der Waals surface area contributed by atoms with Gasteiger partial charge in [-0.1, -0.05) is 60.2 Å². The Hall–Kier alpha value is -2.61. The van der Waals surface area contributed by atoms with Gasteiger partial charge in [0.2, 0.25) is 0 Å². The summed E-state index contributed by atoms with van der Waals surface area (Å²) in [5.74, 6) is 0.565. The molecule has 0 saturated heterocycles. The van der Waals surface area contributed by atoms with E-state index in [2.05, 4.69) is 36.2 Å². The molecule has 3 rings (SSSR count). The summed E-state index contributed by atoms with van der Waals surface area (Å²) in [6.07, 6.45) is 0. The van der Waals surface area contributed by atoms with Crippen LogP contribution in [0, 0.1) is 6.92 Å². The molecule has 1 aromatic heterocycles. The van der Waals surface area contributed by atoms with Gasteiger partial charge in [0, 0.05) is 11.1 Å². The highest BCUT2D eigenvalue weighted by molar-refractivity contribution is 5.76. The lowest BCUT2D eigenvalue weighted by molar-refractivity contribution is 1.33. The molecule has 0 aliphatic heterocycles. The van der Waals surface area contributed by atoms with Gasteiger partial charge in [0.05, 0.1) is 5.69 Å². The molecule has 0 aliphatic carbocycles. The average Bonchev–Trinajstić information content (AvgIpc) is 2.49. The molecule has 20 heavy (non-hydrogen) atoms. The summed E-state index contributed by atoms with van der Waals surface area (Å²) in [4.78, 5) is 4.52. The minimum atomic E-state index is 0.565. The van der Waals surface area contributed by atoms with Crippen LogP contribution in [0.25, 0.3) is 22.4 Å². The molecule has 0 atom stereocenters. The molecule has 0 aliphatic rings. The van der Waals surface area contributed by atoms with Gasteiger partial charge in [-0.2, -0.15) is 0 Å². The number of benzene rings is 2. The maximum Gasteiger partial charge on any atom is 0.131 e. The molecule has 0 saturated carbocycles. The van der Waals surface area contributed by atoms with E-state index < -0.39 is 0 Å². The smallest absolute Gasteiger partial charge is 0.131 e. The Labute approximate surface area is 118 Å². The number of nitrogens with two attached hydrogens (primary N) is 1. The van der Waals surface area contributed by atoms with Crippen LogP contribution in [-0.2, 0) is 0 Å². The predicted molar refractivity (Wildman–Crippen MR) is 84.3 cm³/mol. The van der Waals surface area contributed by atoms with E-state index in [9.17, 15) is 0 Å². The topological polar surface area (TPSA) is 38.9 Å². The van der Waals surface area contributed by atoms with Crippen LogP contribution < -0.4 is 5.73 Å². The Kier molecular flexibility index (Phi) is 3.21. The van der Waals surface area contributed by atoms with E-state index in [1.54, 1.807) is 0 Å². The first-order valence-corrected chi connectivity index (χ1v) is 6.63. The number of anilines is 1. The molecule has 3 aromatic rings. The van der Waals surface area contributed by atoms with Crippen LogP contribution in [0.1, 0.15) is 5.56 Å². The fourth-order valence-corrected chi connectivity index (χ4v) is 2.22. The molecule has 2 N–H and O–H groups in total. The second-order valence-electron chi connectivity index (χ2n) is 4.86. The van der Waals surface area contributed by atoms with Crippen LogP contribution in [0.2, 0.25) is 0 Å². The third kappa shape index (κ3) is 2.41. The summed E-state index contributed by atoms with van der Waals surface area (Å²) >= 11 is 0. The van der Waals surface area contributed by atoms with Crippen LogP contribution in [0.5, 0.6) is 0 Å². The monoisotopic (exact) mass is 260 g/mol. The SMILES string of the molecule is Cc1ccc(-c2ccc(-c3ccccc3)nc2N)cc1. The van der Waals surface area contributed by atoms with Gasteiger partial charge in [-0.25, -0.2) is 4.98 Å². The Balaban J connectivity index is 2.02. The van der Waals surface area contributed by atoms with Crippen molar-refractivity contribution in [2.45, 2.75) is 6.92 Å². The fourth-order valence-electron chi connectivity index (χ4n) is 2.22. The van der Waals surface area contributed by atoms with Crippen LogP contribution in [0.3, 0.4) is 0 Å². The summed E-state index contributed by atoms with van der Waals surface area (Å²) in [6.45, 7) is 2.07. The van der Waals surface area contributed by atoms with E-state index in [1.165, 1.54) is 5.56 Å². The van der Waals surface area contributed by atoms with Crippen molar-refractivity contribution in [3.63, 3.8) is 0 Å². The highest BCUT2D eigenvalue weighted by atomic mass is 14.8. The number of hydrogen-bond acceptors (Lipinski definition) is 2. The molecule has 98 valence electrons. The van der Waals surface area contributed by atoms with Gasteiger partial charge in [0.25, 0.3) is 0 Å². The molecule has 2 nitrogen and oxygen atoms in total. The molecule has 2 aromatic carbocycles. The average molecular weight is 260 g/mol. The van der Waals surface area contributed by atoms with Crippen molar-refractivity contribution in [2.75, 3.05) is 5.73 Å². The first kappa shape index (κ1) is 12.4. The highest BCUT2D eigenvalue weighted by Gasteiger charge is 2.06.